The summed E-state index contributed by atoms with van der Waals surface area (Å²) >= 11 is 0. The molecule has 146 valence electrons. The standard InChI is InChI=1S/C22H22F2N2O2/c23-19-9-3-17(4-10-19)7-13-21(27)25-15-1-2-16-26-22(28)14-8-18-5-11-20(24)12-6-18/h3-14H,1-2,15-16H2,(H,25,27)(H,26,28)/b13-7+,14-8+. The van der Waals surface area contributed by atoms with Crippen molar-refractivity contribution in [3.05, 3.63) is 83.4 Å². The van der Waals surface area contributed by atoms with Gasteiger partial charge in [-0.1, -0.05) is 24.3 Å². The van der Waals surface area contributed by atoms with Crippen molar-refractivity contribution in [2.45, 2.75) is 12.8 Å². The Hall–Kier alpha value is -3.28. The van der Waals surface area contributed by atoms with Crippen molar-refractivity contribution in [1.82, 2.24) is 10.6 Å². The van der Waals surface area contributed by atoms with Crippen LogP contribution in [0, 0.1) is 11.6 Å². The van der Waals surface area contributed by atoms with E-state index in [-0.39, 0.29) is 23.4 Å². The van der Waals surface area contributed by atoms with Crippen molar-refractivity contribution < 1.29 is 18.4 Å². The van der Waals surface area contributed by atoms with Crippen LogP contribution in [-0.4, -0.2) is 24.9 Å². The zero-order valence-electron chi connectivity index (χ0n) is 15.3. The summed E-state index contributed by atoms with van der Waals surface area (Å²) in [4.78, 5) is 23.4. The monoisotopic (exact) mass is 384 g/mol. The second kappa shape index (κ2) is 11.4. The van der Waals surface area contributed by atoms with E-state index < -0.39 is 0 Å². The van der Waals surface area contributed by atoms with Crippen molar-refractivity contribution in [3.8, 4) is 0 Å². The van der Waals surface area contributed by atoms with Crippen LogP contribution in [0.3, 0.4) is 0 Å². The summed E-state index contributed by atoms with van der Waals surface area (Å²) in [7, 11) is 0. The van der Waals surface area contributed by atoms with Gasteiger partial charge in [-0.2, -0.15) is 0 Å². The fraction of sp³-hybridized carbons (Fsp3) is 0.182. The van der Waals surface area contributed by atoms with E-state index >= 15 is 0 Å². The van der Waals surface area contributed by atoms with Crippen molar-refractivity contribution in [3.63, 3.8) is 0 Å². The van der Waals surface area contributed by atoms with E-state index in [2.05, 4.69) is 10.6 Å². The van der Waals surface area contributed by atoms with Crippen LogP contribution in [-0.2, 0) is 9.59 Å². The summed E-state index contributed by atoms with van der Waals surface area (Å²) in [5.41, 5.74) is 1.49. The molecule has 2 aromatic carbocycles. The first-order valence-electron chi connectivity index (χ1n) is 8.96. The number of hydrogen-bond donors (Lipinski definition) is 2. The molecule has 0 radical (unpaired) electrons. The highest BCUT2D eigenvalue weighted by Gasteiger charge is 1.98. The highest BCUT2D eigenvalue weighted by Crippen LogP contribution is 2.05. The molecule has 0 aliphatic rings. The zero-order valence-corrected chi connectivity index (χ0v) is 15.3. The van der Waals surface area contributed by atoms with Gasteiger partial charge in [0, 0.05) is 25.2 Å². The Morgan fingerprint density at radius 2 is 1.04 bits per heavy atom. The van der Waals surface area contributed by atoms with Crippen molar-refractivity contribution in [2.75, 3.05) is 13.1 Å². The molecule has 0 aliphatic heterocycles. The molecule has 6 heteroatoms. The lowest BCUT2D eigenvalue weighted by atomic mass is 10.2. The third-order valence-electron chi connectivity index (χ3n) is 3.80. The molecule has 0 saturated heterocycles. The van der Waals surface area contributed by atoms with Gasteiger partial charge in [-0.25, -0.2) is 8.78 Å². The summed E-state index contributed by atoms with van der Waals surface area (Å²) in [5.74, 6) is -1.09. The number of rotatable bonds is 9. The lowest BCUT2D eigenvalue weighted by Crippen LogP contribution is -2.25. The van der Waals surface area contributed by atoms with Crippen LogP contribution in [0.4, 0.5) is 8.78 Å². The Bertz CT molecular complexity index is 757. The molecule has 0 aliphatic carbocycles. The molecule has 0 heterocycles. The Kier molecular flexibility index (Phi) is 8.59. The number of halogens is 2. The minimum Gasteiger partial charge on any atom is -0.353 e. The first kappa shape index (κ1) is 21.0. The van der Waals surface area contributed by atoms with Gasteiger partial charge in [0.15, 0.2) is 0 Å². The molecular weight excluding hydrogens is 362 g/mol. The van der Waals surface area contributed by atoms with Gasteiger partial charge in [0.1, 0.15) is 11.6 Å². The largest absolute Gasteiger partial charge is 0.353 e. The maximum absolute atomic E-state index is 12.8. The van der Waals surface area contributed by atoms with Crippen LogP contribution in [0.2, 0.25) is 0 Å². The Morgan fingerprint density at radius 1 is 0.679 bits per heavy atom. The van der Waals surface area contributed by atoms with Crippen LogP contribution in [0.25, 0.3) is 12.2 Å². The Labute approximate surface area is 163 Å². The topological polar surface area (TPSA) is 58.2 Å². The van der Waals surface area contributed by atoms with Crippen LogP contribution < -0.4 is 10.6 Å². The first-order valence-corrected chi connectivity index (χ1v) is 8.96. The summed E-state index contributed by atoms with van der Waals surface area (Å²) in [6.45, 7) is 0.988. The molecule has 2 aromatic rings. The number of nitrogens with one attached hydrogen (secondary N) is 2. The van der Waals surface area contributed by atoms with Crippen LogP contribution in [0.1, 0.15) is 24.0 Å². The van der Waals surface area contributed by atoms with Crippen LogP contribution in [0.5, 0.6) is 0 Å². The molecule has 0 aromatic heterocycles. The Balaban J connectivity index is 1.56. The van der Waals surface area contributed by atoms with Crippen LogP contribution >= 0.6 is 0 Å². The summed E-state index contributed by atoms with van der Waals surface area (Å²) < 4.78 is 25.6. The third kappa shape index (κ3) is 8.40. The van der Waals surface area contributed by atoms with Crippen molar-refractivity contribution in [1.29, 1.82) is 0 Å². The predicted octanol–water partition coefficient (Wildman–Crippen LogP) is 3.70. The predicted molar refractivity (Wildman–Crippen MR) is 106 cm³/mol. The molecular formula is C22H22F2N2O2. The van der Waals surface area contributed by atoms with Gasteiger partial charge in [-0.05, 0) is 60.4 Å². The van der Waals surface area contributed by atoms with Gasteiger partial charge in [0.25, 0.3) is 0 Å². The summed E-state index contributed by atoms with van der Waals surface area (Å²) in [6, 6.07) is 11.7. The molecule has 4 nitrogen and oxygen atoms in total. The molecule has 0 saturated carbocycles. The van der Waals surface area contributed by atoms with E-state index in [1.54, 1.807) is 36.4 Å². The molecule has 28 heavy (non-hydrogen) atoms. The molecule has 0 fully saturated rings. The van der Waals surface area contributed by atoms with Crippen molar-refractivity contribution >= 4 is 24.0 Å². The van der Waals surface area contributed by atoms with E-state index in [0.717, 1.165) is 24.0 Å². The van der Waals surface area contributed by atoms with Gasteiger partial charge >= 0.3 is 0 Å². The zero-order chi connectivity index (χ0) is 20.2. The SMILES string of the molecule is O=C(/C=C/c1ccc(F)cc1)NCCCCNC(=O)/C=C/c1ccc(F)cc1. The van der Waals surface area contributed by atoms with Gasteiger partial charge in [0.2, 0.25) is 11.8 Å². The second-order valence-corrected chi connectivity index (χ2v) is 6.06. The molecule has 0 atom stereocenters. The summed E-state index contributed by atoms with van der Waals surface area (Å²) in [6.07, 6.45) is 7.46. The lowest BCUT2D eigenvalue weighted by Gasteiger charge is -2.04. The number of unbranched alkanes of at least 4 members (excludes halogenated alkanes) is 1. The van der Waals surface area contributed by atoms with Gasteiger partial charge < -0.3 is 10.6 Å². The highest BCUT2D eigenvalue weighted by atomic mass is 19.1. The minimum atomic E-state index is -0.320. The summed E-state index contributed by atoms with van der Waals surface area (Å²) in [5, 5.41) is 5.49. The second-order valence-electron chi connectivity index (χ2n) is 6.06. The maximum Gasteiger partial charge on any atom is 0.243 e. The third-order valence-corrected chi connectivity index (χ3v) is 3.80. The molecule has 2 N–H and O–H groups in total. The van der Waals surface area contributed by atoms with Gasteiger partial charge in [-0.3, -0.25) is 9.59 Å². The first-order chi connectivity index (χ1) is 13.5. The average molecular weight is 384 g/mol. The molecule has 2 rings (SSSR count). The van der Waals surface area contributed by atoms with Gasteiger partial charge in [-0.15, -0.1) is 0 Å². The van der Waals surface area contributed by atoms with E-state index in [0.29, 0.717) is 13.1 Å². The fourth-order valence-electron chi connectivity index (χ4n) is 2.28. The van der Waals surface area contributed by atoms with E-state index in [1.807, 2.05) is 0 Å². The molecule has 2 amide bonds. The number of hydrogen-bond acceptors (Lipinski definition) is 2. The average Bonchev–Trinajstić information content (AvgIpc) is 2.69. The number of carbonyl (C=O) groups is 2. The smallest absolute Gasteiger partial charge is 0.243 e. The maximum atomic E-state index is 12.8. The minimum absolute atomic E-state index is 0.226. The van der Waals surface area contributed by atoms with Crippen LogP contribution in [0.15, 0.2) is 60.7 Å². The van der Waals surface area contributed by atoms with Gasteiger partial charge in [0.05, 0.1) is 0 Å². The molecule has 0 unspecified atom stereocenters. The quantitative estimate of drug-likeness (QED) is 0.512. The number of amides is 2. The fourth-order valence-corrected chi connectivity index (χ4v) is 2.28. The molecule has 0 bridgehead atoms. The highest BCUT2D eigenvalue weighted by molar-refractivity contribution is 5.92. The molecule has 0 spiro atoms. The van der Waals surface area contributed by atoms with E-state index in [9.17, 15) is 18.4 Å². The Morgan fingerprint density at radius 3 is 1.39 bits per heavy atom. The normalized spacial score (nSPS) is 11.1. The lowest BCUT2D eigenvalue weighted by molar-refractivity contribution is -0.117. The van der Waals surface area contributed by atoms with E-state index in [1.165, 1.54) is 36.4 Å². The number of benzene rings is 2. The van der Waals surface area contributed by atoms with Crippen molar-refractivity contribution in [2.24, 2.45) is 0 Å². The number of carbonyl (C=O) groups excluding carboxylic acids is 2. The van der Waals surface area contributed by atoms with E-state index in [4.69, 9.17) is 0 Å².